The van der Waals surface area contributed by atoms with Crippen LogP contribution in [0.2, 0.25) is 0 Å². The van der Waals surface area contributed by atoms with Crippen LogP contribution in [0.25, 0.3) is 5.65 Å². The van der Waals surface area contributed by atoms with Gasteiger partial charge in [0.25, 0.3) is 5.56 Å². The molecule has 1 aliphatic rings. The molecule has 1 fully saturated rings. The normalized spacial score (nSPS) is 17.0. The number of rotatable bonds is 4. The molecule has 0 bridgehead atoms. The molecule has 1 amide bonds. The summed E-state index contributed by atoms with van der Waals surface area (Å²) in [6.07, 6.45) is 2.37. The number of hydrogen-bond acceptors (Lipinski definition) is 4. The molecule has 0 aliphatic carbocycles. The van der Waals surface area contributed by atoms with Crippen molar-refractivity contribution >= 4 is 17.4 Å². The van der Waals surface area contributed by atoms with Gasteiger partial charge in [-0.25, -0.2) is 4.98 Å². The Morgan fingerprint density at radius 3 is 2.77 bits per heavy atom. The van der Waals surface area contributed by atoms with Crippen LogP contribution in [0.5, 0.6) is 0 Å². The van der Waals surface area contributed by atoms with Crippen LogP contribution in [0.3, 0.4) is 0 Å². The summed E-state index contributed by atoms with van der Waals surface area (Å²) in [5.74, 6) is 0.484. The number of anilines is 1. The number of amides is 1. The van der Waals surface area contributed by atoms with Gasteiger partial charge in [0, 0.05) is 25.4 Å². The number of benzene rings is 1. The van der Waals surface area contributed by atoms with E-state index in [0.29, 0.717) is 31.0 Å². The Labute approximate surface area is 151 Å². The lowest BCUT2D eigenvalue weighted by Crippen LogP contribution is -2.33. The Balaban J connectivity index is 1.48. The molecule has 4 rings (SSSR count). The third-order valence-electron chi connectivity index (χ3n) is 4.68. The van der Waals surface area contributed by atoms with Crippen molar-refractivity contribution in [3.63, 3.8) is 0 Å². The van der Waals surface area contributed by atoms with Gasteiger partial charge in [-0.3, -0.25) is 14.0 Å². The van der Waals surface area contributed by atoms with Crippen molar-refractivity contribution in [3.8, 4) is 0 Å². The summed E-state index contributed by atoms with van der Waals surface area (Å²) in [4.78, 5) is 31.1. The largest absolute Gasteiger partial charge is 0.358 e. The van der Waals surface area contributed by atoms with Gasteiger partial charge in [0.1, 0.15) is 17.5 Å². The number of likely N-dealkylation sites (tertiary alicyclic amines) is 1. The minimum absolute atomic E-state index is 0.0423. The highest BCUT2D eigenvalue weighted by Crippen LogP contribution is 2.18. The van der Waals surface area contributed by atoms with E-state index in [0.717, 1.165) is 5.56 Å². The summed E-state index contributed by atoms with van der Waals surface area (Å²) in [6, 6.07) is 14.7. The van der Waals surface area contributed by atoms with Gasteiger partial charge in [-0.05, 0) is 31.0 Å². The minimum atomic E-state index is -0.349. The predicted molar refractivity (Wildman–Crippen MR) is 100 cm³/mol. The summed E-state index contributed by atoms with van der Waals surface area (Å²) in [7, 11) is 0. The van der Waals surface area contributed by atoms with Crippen LogP contribution in [-0.2, 0) is 11.3 Å². The maximum Gasteiger partial charge on any atom is 0.259 e. The first kappa shape index (κ1) is 16.3. The van der Waals surface area contributed by atoms with Crippen molar-refractivity contribution in [2.45, 2.75) is 25.9 Å². The molecule has 1 N–H and O–H groups in total. The standard InChI is InChI=1S/C20H20N4O2/c1-14-5-7-15(8-6-14)13-23-11-9-16(20(23)26)21-17-12-19(25)24-10-3-2-4-18(24)22-17/h2-8,10,12,16,21H,9,11,13H2,1H3. The zero-order valence-electron chi connectivity index (χ0n) is 14.6. The molecule has 1 aliphatic heterocycles. The fourth-order valence-electron chi connectivity index (χ4n) is 3.25. The molecule has 132 valence electrons. The number of nitrogens with zero attached hydrogens (tertiary/aromatic N) is 3. The van der Waals surface area contributed by atoms with Crippen LogP contribution in [0.15, 0.2) is 59.5 Å². The molecule has 0 radical (unpaired) electrons. The zero-order valence-corrected chi connectivity index (χ0v) is 14.6. The first-order chi connectivity index (χ1) is 12.6. The van der Waals surface area contributed by atoms with Gasteiger partial charge in [0.15, 0.2) is 0 Å². The minimum Gasteiger partial charge on any atom is -0.358 e. The second kappa shape index (κ2) is 6.63. The zero-order chi connectivity index (χ0) is 18.1. The van der Waals surface area contributed by atoms with E-state index in [1.807, 2.05) is 17.9 Å². The third kappa shape index (κ3) is 3.18. The number of aromatic nitrogens is 2. The fraction of sp³-hybridized carbons (Fsp3) is 0.250. The summed E-state index contributed by atoms with van der Waals surface area (Å²) >= 11 is 0. The molecule has 1 saturated heterocycles. The van der Waals surface area contributed by atoms with Crippen LogP contribution in [-0.4, -0.2) is 32.8 Å². The quantitative estimate of drug-likeness (QED) is 0.785. The molecule has 3 heterocycles. The van der Waals surface area contributed by atoms with Crippen molar-refractivity contribution in [1.29, 1.82) is 0 Å². The lowest BCUT2D eigenvalue weighted by atomic mass is 10.1. The van der Waals surface area contributed by atoms with Crippen LogP contribution in [0.4, 0.5) is 5.82 Å². The first-order valence-electron chi connectivity index (χ1n) is 8.69. The third-order valence-corrected chi connectivity index (χ3v) is 4.68. The van der Waals surface area contributed by atoms with E-state index >= 15 is 0 Å². The molecular weight excluding hydrogens is 328 g/mol. The van der Waals surface area contributed by atoms with Crippen LogP contribution in [0, 0.1) is 6.92 Å². The lowest BCUT2D eigenvalue weighted by molar-refractivity contribution is -0.128. The maximum atomic E-state index is 12.7. The smallest absolute Gasteiger partial charge is 0.259 e. The number of pyridine rings is 1. The molecular formula is C20H20N4O2. The monoisotopic (exact) mass is 348 g/mol. The van der Waals surface area contributed by atoms with Crippen LogP contribution >= 0.6 is 0 Å². The SMILES string of the molecule is Cc1ccc(CN2CCC(Nc3cc(=O)n4ccccc4n3)C2=O)cc1. The molecule has 3 aromatic rings. The second-order valence-electron chi connectivity index (χ2n) is 6.64. The number of aryl methyl sites for hydroxylation is 1. The highest BCUT2D eigenvalue weighted by atomic mass is 16.2. The first-order valence-corrected chi connectivity index (χ1v) is 8.69. The fourth-order valence-corrected chi connectivity index (χ4v) is 3.25. The predicted octanol–water partition coefficient (Wildman–Crippen LogP) is 2.22. The van der Waals surface area contributed by atoms with E-state index < -0.39 is 0 Å². The van der Waals surface area contributed by atoms with Crippen molar-refractivity contribution in [3.05, 3.63) is 76.2 Å². The molecule has 1 unspecified atom stereocenters. The topological polar surface area (TPSA) is 66.7 Å². The average Bonchev–Trinajstić information content (AvgIpc) is 2.97. The van der Waals surface area contributed by atoms with E-state index in [2.05, 4.69) is 34.6 Å². The van der Waals surface area contributed by atoms with Crippen molar-refractivity contribution in [2.75, 3.05) is 11.9 Å². The van der Waals surface area contributed by atoms with E-state index in [9.17, 15) is 9.59 Å². The van der Waals surface area contributed by atoms with Gasteiger partial charge < -0.3 is 10.2 Å². The Bertz CT molecular complexity index is 1010. The molecule has 0 spiro atoms. The molecule has 2 aromatic heterocycles. The van der Waals surface area contributed by atoms with E-state index in [4.69, 9.17) is 0 Å². The van der Waals surface area contributed by atoms with Gasteiger partial charge in [-0.2, -0.15) is 0 Å². The molecule has 1 atom stereocenters. The van der Waals surface area contributed by atoms with Crippen molar-refractivity contribution in [2.24, 2.45) is 0 Å². The van der Waals surface area contributed by atoms with Crippen LogP contribution < -0.4 is 10.9 Å². The number of hydrogen-bond donors (Lipinski definition) is 1. The van der Waals surface area contributed by atoms with Gasteiger partial charge in [0.2, 0.25) is 5.91 Å². The summed E-state index contributed by atoms with van der Waals surface area (Å²) < 4.78 is 1.48. The molecule has 6 heteroatoms. The second-order valence-corrected chi connectivity index (χ2v) is 6.64. The van der Waals surface area contributed by atoms with Crippen molar-refractivity contribution in [1.82, 2.24) is 14.3 Å². The molecule has 1 aromatic carbocycles. The summed E-state index contributed by atoms with van der Waals surface area (Å²) in [5, 5.41) is 3.13. The summed E-state index contributed by atoms with van der Waals surface area (Å²) in [6.45, 7) is 3.34. The molecule has 0 saturated carbocycles. The number of carbonyl (C=O) groups excluding carboxylic acids is 1. The number of carbonyl (C=O) groups is 1. The highest BCUT2D eigenvalue weighted by Gasteiger charge is 2.31. The Morgan fingerprint density at radius 2 is 1.96 bits per heavy atom. The average molecular weight is 348 g/mol. The molecule has 26 heavy (non-hydrogen) atoms. The maximum absolute atomic E-state index is 12.7. The summed E-state index contributed by atoms with van der Waals surface area (Å²) in [5.41, 5.74) is 2.71. The Kier molecular flexibility index (Phi) is 4.16. The lowest BCUT2D eigenvalue weighted by Gasteiger charge is -2.17. The molecule has 6 nitrogen and oxygen atoms in total. The van der Waals surface area contributed by atoms with E-state index in [1.54, 1.807) is 18.3 Å². The van der Waals surface area contributed by atoms with Gasteiger partial charge >= 0.3 is 0 Å². The van der Waals surface area contributed by atoms with Crippen LogP contribution in [0.1, 0.15) is 17.5 Å². The Morgan fingerprint density at radius 1 is 1.15 bits per heavy atom. The van der Waals surface area contributed by atoms with Gasteiger partial charge in [-0.1, -0.05) is 35.9 Å². The van der Waals surface area contributed by atoms with E-state index in [1.165, 1.54) is 16.0 Å². The number of fused-ring (bicyclic) bond motifs is 1. The Hall–Kier alpha value is -3.15. The van der Waals surface area contributed by atoms with Gasteiger partial charge in [0.05, 0.1) is 0 Å². The highest BCUT2D eigenvalue weighted by molar-refractivity contribution is 5.86. The number of nitrogens with one attached hydrogen (secondary N) is 1. The van der Waals surface area contributed by atoms with Gasteiger partial charge in [-0.15, -0.1) is 0 Å². The van der Waals surface area contributed by atoms with Crippen molar-refractivity contribution < 1.29 is 4.79 Å². The van der Waals surface area contributed by atoms with E-state index in [-0.39, 0.29) is 17.5 Å².